The van der Waals surface area contributed by atoms with E-state index in [0.29, 0.717) is 0 Å². The summed E-state index contributed by atoms with van der Waals surface area (Å²) in [7, 11) is 0. The Labute approximate surface area is 74.3 Å². The van der Waals surface area contributed by atoms with Gasteiger partial charge >= 0.3 is 5.97 Å². The van der Waals surface area contributed by atoms with Gasteiger partial charge in [-0.1, -0.05) is 18.9 Å². The van der Waals surface area contributed by atoms with Gasteiger partial charge in [-0.05, 0) is 26.2 Å². The molecule has 0 heterocycles. The summed E-state index contributed by atoms with van der Waals surface area (Å²) in [4.78, 5) is 10.4. The third-order valence-electron chi connectivity index (χ3n) is 1.91. The number of hydrogen-bond acceptors (Lipinski definition) is 1. The quantitative estimate of drug-likeness (QED) is 0.491. The zero-order chi connectivity index (χ0) is 9.56. The minimum Gasteiger partial charge on any atom is -0.481 e. The van der Waals surface area contributed by atoms with Crippen molar-refractivity contribution in [3.05, 3.63) is 12.2 Å². The minimum atomic E-state index is -0.690. The molecule has 0 amide bonds. The molecule has 0 rings (SSSR count). The molecule has 0 aromatic rings. The topological polar surface area (TPSA) is 37.3 Å². The molecule has 70 valence electrons. The van der Waals surface area contributed by atoms with Gasteiger partial charge in [0.1, 0.15) is 0 Å². The van der Waals surface area contributed by atoms with Gasteiger partial charge in [0.15, 0.2) is 0 Å². The minimum absolute atomic E-state index is 0.199. The van der Waals surface area contributed by atoms with E-state index in [2.05, 4.69) is 6.58 Å². The maximum absolute atomic E-state index is 10.4. The van der Waals surface area contributed by atoms with Crippen molar-refractivity contribution in [2.75, 3.05) is 0 Å². The highest BCUT2D eigenvalue weighted by atomic mass is 16.4. The Bertz CT molecular complexity index is 161. The monoisotopic (exact) mass is 170 g/mol. The summed E-state index contributed by atoms with van der Waals surface area (Å²) in [6, 6.07) is 0. The van der Waals surface area contributed by atoms with Gasteiger partial charge in [-0.2, -0.15) is 0 Å². The number of carboxylic acids is 1. The van der Waals surface area contributed by atoms with Crippen molar-refractivity contribution in [1.29, 1.82) is 0 Å². The van der Waals surface area contributed by atoms with Crippen molar-refractivity contribution < 1.29 is 9.90 Å². The van der Waals surface area contributed by atoms with Crippen LogP contribution in [0, 0.1) is 5.92 Å². The number of unbranched alkanes of at least 4 members (excludes halogenated alkanes) is 1. The summed E-state index contributed by atoms with van der Waals surface area (Å²) in [6.07, 6.45) is 3.85. The maximum Gasteiger partial charge on any atom is 0.306 e. The fourth-order valence-electron chi connectivity index (χ4n) is 1.00. The van der Waals surface area contributed by atoms with Crippen molar-refractivity contribution in [1.82, 2.24) is 0 Å². The third-order valence-corrected chi connectivity index (χ3v) is 1.91. The second-order valence-electron chi connectivity index (χ2n) is 3.44. The van der Waals surface area contributed by atoms with Gasteiger partial charge in [-0.3, -0.25) is 4.79 Å². The largest absolute Gasteiger partial charge is 0.481 e. The SMILES string of the molecule is C=C(C)CCCCC(C)C(=O)O. The predicted molar refractivity (Wildman–Crippen MR) is 50.1 cm³/mol. The molecule has 0 saturated carbocycles. The summed E-state index contributed by atoms with van der Waals surface area (Å²) in [5.41, 5.74) is 1.18. The third kappa shape index (κ3) is 5.96. The van der Waals surface area contributed by atoms with Crippen molar-refractivity contribution in [3.63, 3.8) is 0 Å². The van der Waals surface area contributed by atoms with E-state index in [4.69, 9.17) is 5.11 Å². The molecule has 1 unspecified atom stereocenters. The van der Waals surface area contributed by atoms with Gasteiger partial charge < -0.3 is 5.11 Å². The summed E-state index contributed by atoms with van der Waals surface area (Å²) >= 11 is 0. The number of hydrogen-bond donors (Lipinski definition) is 1. The van der Waals surface area contributed by atoms with Crippen LogP contribution in [0.5, 0.6) is 0 Å². The normalized spacial score (nSPS) is 12.5. The fourth-order valence-corrected chi connectivity index (χ4v) is 1.00. The lowest BCUT2D eigenvalue weighted by Crippen LogP contribution is -2.08. The highest BCUT2D eigenvalue weighted by molar-refractivity contribution is 5.69. The zero-order valence-corrected chi connectivity index (χ0v) is 7.97. The molecule has 1 N–H and O–H groups in total. The Balaban J connectivity index is 3.31. The number of rotatable bonds is 6. The van der Waals surface area contributed by atoms with Crippen LogP contribution in [0.2, 0.25) is 0 Å². The Morgan fingerprint density at radius 2 is 2.08 bits per heavy atom. The van der Waals surface area contributed by atoms with Crippen molar-refractivity contribution >= 4 is 5.97 Å². The Morgan fingerprint density at radius 3 is 2.50 bits per heavy atom. The second kappa shape index (κ2) is 5.81. The fraction of sp³-hybridized carbons (Fsp3) is 0.700. The molecule has 0 radical (unpaired) electrons. The first-order chi connectivity index (χ1) is 5.54. The number of allylic oxidation sites excluding steroid dienone is 1. The standard InChI is InChI=1S/C10H18O2/c1-8(2)6-4-5-7-9(3)10(11)12/h9H,1,4-7H2,2-3H3,(H,11,12). The average Bonchev–Trinajstić information content (AvgIpc) is 1.97. The Morgan fingerprint density at radius 1 is 1.50 bits per heavy atom. The lowest BCUT2D eigenvalue weighted by atomic mass is 10.0. The van der Waals surface area contributed by atoms with Crippen LogP contribution in [-0.2, 0) is 4.79 Å². The summed E-state index contributed by atoms with van der Waals surface area (Å²) in [6.45, 7) is 7.54. The van der Waals surface area contributed by atoms with E-state index in [9.17, 15) is 4.79 Å². The molecule has 0 aliphatic heterocycles. The molecule has 0 aliphatic carbocycles. The first-order valence-corrected chi connectivity index (χ1v) is 4.41. The Hall–Kier alpha value is -0.790. The van der Waals surface area contributed by atoms with Crippen LogP contribution in [0.1, 0.15) is 39.5 Å². The van der Waals surface area contributed by atoms with E-state index in [1.54, 1.807) is 6.92 Å². The lowest BCUT2D eigenvalue weighted by Gasteiger charge is -2.04. The van der Waals surface area contributed by atoms with Crippen LogP contribution in [0.15, 0.2) is 12.2 Å². The van der Waals surface area contributed by atoms with Gasteiger partial charge in [0, 0.05) is 0 Å². The molecule has 0 bridgehead atoms. The van der Waals surface area contributed by atoms with E-state index >= 15 is 0 Å². The summed E-state index contributed by atoms with van der Waals surface area (Å²) in [5.74, 6) is -0.888. The first kappa shape index (κ1) is 11.2. The molecule has 0 saturated heterocycles. The van der Waals surface area contributed by atoms with Crippen molar-refractivity contribution in [2.45, 2.75) is 39.5 Å². The number of carbonyl (C=O) groups is 1. The molecule has 0 aliphatic rings. The molecule has 0 spiro atoms. The molecule has 1 atom stereocenters. The summed E-state index contributed by atoms with van der Waals surface area (Å²) in [5, 5.41) is 8.57. The van der Waals surface area contributed by atoms with E-state index in [1.165, 1.54) is 5.57 Å². The van der Waals surface area contributed by atoms with Crippen LogP contribution in [0.3, 0.4) is 0 Å². The molecule has 0 aromatic heterocycles. The Kier molecular flexibility index (Phi) is 5.43. The number of carboxylic acid groups (broad SMARTS) is 1. The van der Waals surface area contributed by atoms with E-state index in [0.717, 1.165) is 25.7 Å². The van der Waals surface area contributed by atoms with Crippen molar-refractivity contribution in [3.8, 4) is 0 Å². The second-order valence-corrected chi connectivity index (χ2v) is 3.44. The molecular formula is C10H18O2. The van der Waals surface area contributed by atoms with Gasteiger partial charge in [0.05, 0.1) is 5.92 Å². The molecule has 2 nitrogen and oxygen atoms in total. The van der Waals surface area contributed by atoms with Crippen LogP contribution in [0.4, 0.5) is 0 Å². The lowest BCUT2D eigenvalue weighted by molar-refractivity contribution is -0.141. The van der Waals surface area contributed by atoms with Crippen LogP contribution < -0.4 is 0 Å². The highest BCUT2D eigenvalue weighted by Crippen LogP contribution is 2.11. The molecule has 12 heavy (non-hydrogen) atoms. The zero-order valence-electron chi connectivity index (χ0n) is 7.97. The number of aliphatic carboxylic acids is 1. The van der Waals surface area contributed by atoms with Crippen molar-refractivity contribution in [2.24, 2.45) is 5.92 Å². The van der Waals surface area contributed by atoms with Crippen LogP contribution >= 0.6 is 0 Å². The van der Waals surface area contributed by atoms with Crippen LogP contribution in [0.25, 0.3) is 0 Å². The van der Waals surface area contributed by atoms with Gasteiger partial charge in [0.25, 0.3) is 0 Å². The van der Waals surface area contributed by atoms with Gasteiger partial charge in [-0.25, -0.2) is 0 Å². The summed E-state index contributed by atoms with van der Waals surface area (Å²) < 4.78 is 0. The first-order valence-electron chi connectivity index (χ1n) is 4.41. The van der Waals surface area contributed by atoms with Gasteiger partial charge in [-0.15, -0.1) is 6.58 Å². The molecule has 0 fully saturated rings. The smallest absolute Gasteiger partial charge is 0.306 e. The molecule has 2 heteroatoms. The van der Waals surface area contributed by atoms with Gasteiger partial charge in [0.2, 0.25) is 0 Å². The molecule has 0 aromatic carbocycles. The van der Waals surface area contributed by atoms with Crippen LogP contribution in [-0.4, -0.2) is 11.1 Å². The highest BCUT2D eigenvalue weighted by Gasteiger charge is 2.09. The van der Waals surface area contributed by atoms with E-state index in [1.807, 2.05) is 6.92 Å². The molecular weight excluding hydrogens is 152 g/mol. The van der Waals surface area contributed by atoms with E-state index in [-0.39, 0.29) is 5.92 Å². The average molecular weight is 170 g/mol. The maximum atomic E-state index is 10.4. The predicted octanol–water partition coefficient (Wildman–Crippen LogP) is 2.84. The van der Waals surface area contributed by atoms with E-state index < -0.39 is 5.97 Å².